The smallest absolute Gasteiger partial charge is 0.255 e. The lowest BCUT2D eigenvalue weighted by Gasteiger charge is -2.33. The van der Waals surface area contributed by atoms with Crippen LogP contribution < -0.4 is 15.4 Å². The van der Waals surface area contributed by atoms with Crippen LogP contribution in [0, 0.1) is 5.82 Å². The molecular formula is C29H28ClFN6O3. The molecule has 0 radical (unpaired) electrons. The quantitative estimate of drug-likeness (QED) is 0.302. The lowest BCUT2D eigenvalue weighted by molar-refractivity contribution is -0.0292. The van der Waals surface area contributed by atoms with Gasteiger partial charge in [-0.2, -0.15) is 0 Å². The lowest BCUT2D eigenvalue weighted by Crippen LogP contribution is -2.47. The Balaban J connectivity index is 1.28. The number of aromatic nitrogens is 3. The Bertz CT molecular complexity index is 1480. The number of anilines is 2. The van der Waals surface area contributed by atoms with Crippen molar-refractivity contribution in [3.63, 3.8) is 0 Å². The summed E-state index contributed by atoms with van der Waals surface area (Å²) < 4.78 is 25.8. The van der Waals surface area contributed by atoms with Gasteiger partial charge in [0, 0.05) is 43.6 Å². The first-order chi connectivity index (χ1) is 19.5. The standard InChI is InChI=1S/C29H28ClFN6O3/c1-39-26-16-33-27(22-13-20(30)7-8-24(22)31)36-28(26)35-25-9-10-32-15-23(25)29(38)34-14-21-18-37(11-12-40-21)17-19-5-3-2-4-6-19/h2-10,13,15-16,21H,11-12,14,17-18H2,1H3,(H,34,38)(H,32,33,35,36). The van der Waals surface area contributed by atoms with Gasteiger partial charge in [-0.15, -0.1) is 0 Å². The van der Waals surface area contributed by atoms with Crippen molar-refractivity contribution in [1.29, 1.82) is 0 Å². The number of rotatable bonds is 9. The van der Waals surface area contributed by atoms with Crippen molar-refractivity contribution >= 4 is 29.0 Å². The fraction of sp³-hybridized carbons (Fsp3) is 0.241. The minimum absolute atomic E-state index is 0.109. The molecule has 1 amide bonds. The Labute approximate surface area is 236 Å². The molecule has 11 heteroatoms. The SMILES string of the molecule is COc1cnc(-c2cc(Cl)ccc2F)nc1Nc1ccncc1C(=O)NCC1CN(Cc2ccccc2)CCO1. The van der Waals surface area contributed by atoms with Gasteiger partial charge in [-0.05, 0) is 29.8 Å². The highest BCUT2D eigenvalue weighted by Crippen LogP contribution is 2.30. The third kappa shape index (κ3) is 6.71. The molecule has 1 saturated heterocycles. The Morgan fingerprint density at radius 2 is 2.05 bits per heavy atom. The highest BCUT2D eigenvalue weighted by atomic mass is 35.5. The number of pyridine rings is 1. The fourth-order valence-electron chi connectivity index (χ4n) is 4.41. The molecule has 2 aromatic heterocycles. The Hall–Kier alpha value is -4.12. The molecule has 0 saturated carbocycles. The lowest BCUT2D eigenvalue weighted by atomic mass is 10.1. The molecule has 1 aliphatic heterocycles. The maximum absolute atomic E-state index is 14.5. The number of hydrogen-bond donors (Lipinski definition) is 2. The molecule has 1 atom stereocenters. The molecule has 2 aromatic carbocycles. The van der Waals surface area contributed by atoms with E-state index >= 15 is 0 Å². The monoisotopic (exact) mass is 562 g/mol. The average molecular weight is 563 g/mol. The van der Waals surface area contributed by atoms with Crippen LogP contribution in [0.5, 0.6) is 5.75 Å². The van der Waals surface area contributed by atoms with Gasteiger partial charge in [0.05, 0.1) is 42.8 Å². The summed E-state index contributed by atoms with van der Waals surface area (Å²) in [7, 11) is 1.47. The van der Waals surface area contributed by atoms with Gasteiger partial charge in [0.1, 0.15) is 5.82 Å². The summed E-state index contributed by atoms with van der Waals surface area (Å²) in [5.41, 5.74) is 2.12. The van der Waals surface area contributed by atoms with Crippen LogP contribution in [-0.2, 0) is 11.3 Å². The van der Waals surface area contributed by atoms with E-state index in [2.05, 4.69) is 42.6 Å². The van der Waals surface area contributed by atoms with E-state index in [-0.39, 0.29) is 29.2 Å². The van der Waals surface area contributed by atoms with E-state index in [1.807, 2.05) is 18.2 Å². The molecule has 40 heavy (non-hydrogen) atoms. The number of carbonyl (C=O) groups is 1. The van der Waals surface area contributed by atoms with Crippen molar-refractivity contribution < 1.29 is 18.7 Å². The maximum atomic E-state index is 14.5. The first-order valence-corrected chi connectivity index (χ1v) is 13.1. The van der Waals surface area contributed by atoms with E-state index in [9.17, 15) is 9.18 Å². The molecule has 0 spiro atoms. The zero-order valence-electron chi connectivity index (χ0n) is 21.8. The van der Waals surface area contributed by atoms with E-state index in [1.54, 1.807) is 12.3 Å². The first-order valence-electron chi connectivity index (χ1n) is 12.7. The number of carbonyl (C=O) groups excluding carboxylic acids is 1. The molecule has 1 fully saturated rings. The predicted molar refractivity (Wildman–Crippen MR) is 150 cm³/mol. The summed E-state index contributed by atoms with van der Waals surface area (Å²) in [5, 5.41) is 6.43. The molecule has 206 valence electrons. The van der Waals surface area contributed by atoms with Crippen LogP contribution in [0.15, 0.2) is 73.2 Å². The van der Waals surface area contributed by atoms with Crippen LogP contribution in [0.25, 0.3) is 11.4 Å². The number of benzene rings is 2. The molecule has 5 rings (SSSR count). The van der Waals surface area contributed by atoms with Crippen molar-refractivity contribution in [3.05, 3.63) is 95.2 Å². The third-order valence-corrected chi connectivity index (χ3v) is 6.66. The number of nitrogens with one attached hydrogen (secondary N) is 2. The highest BCUT2D eigenvalue weighted by molar-refractivity contribution is 6.30. The minimum Gasteiger partial charge on any atom is -0.491 e. The third-order valence-electron chi connectivity index (χ3n) is 6.43. The van der Waals surface area contributed by atoms with Gasteiger partial charge in [-0.25, -0.2) is 14.4 Å². The number of nitrogens with zero attached hydrogens (tertiary/aromatic N) is 4. The zero-order chi connectivity index (χ0) is 27.9. The number of methoxy groups -OCH3 is 1. The number of morpholine rings is 1. The number of hydrogen-bond acceptors (Lipinski definition) is 8. The van der Waals surface area contributed by atoms with Crippen molar-refractivity contribution in [3.8, 4) is 17.1 Å². The Morgan fingerprint density at radius 1 is 1.20 bits per heavy atom. The van der Waals surface area contributed by atoms with E-state index in [0.29, 0.717) is 41.7 Å². The van der Waals surface area contributed by atoms with Gasteiger partial charge >= 0.3 is 0 Å². The maximum Gasteiger partial charge on any atom is 0.255 e. The summed E-state index contributed by atoms with van der Waals surface area (Å²) in [6.45, 7) is 3.29. The first kappa shape index (κ1) is 27.4. The molecule has 1 aliphatic rings. The van der Waals surface area contributed by atoms with Crippen LogP contribution in [0.4, 0.5) is 15.9 Å². The van der Waals surface area contributed by atoms with Crippen molar-refractivity contribution in [2.75, 3.05) is 38.7 Å². The van der Waals surface area contributed by atoms with Gasteiger partial charge < -0.3 is 20.1 Å². The Morgan fingerprint density at radius 3 is 2.88 bits per heavy atom. The van der Waals surface area contributed by atoms with Crippen LogP contribution in [0.2, 0.25) is 5.02 Å². The van der Waals surface area contributed by atoms with Gasteiger partial charge in [-0.1, -0.05) is 41.9 Å². The second-order valence-corrected chi connectivity index (χ2v) is 9.64. The summed E-state index contributed by atoms with van der Waals surface area (Å²) in [6, 6.07) is 16.1. The van der Waals surface area contributed by atoms with Gasteiger partial charge in [0.25, 0.3) is 5.91 Å². The van der Waals surface area contributed by atoms with E-state index in [4.69, 9.17) is 21.1 Å². The summed E-state index contributed by atoms with van der Waals surface area (Å²) in [5.74, 6) is -0.175. The van der Waals surface area contributed by atoms with Crippen LogP contribution >= 0.6 is 11.6 Å². The van der Waals surface area contributed by atoms with E-state index < -0.39 is 5.82 Å². The average Bonchev–Trinajstić information content (AvgIpc) is 2.98. The second-order valence-electron chi connectivity index (χ2n) is 9.20. The normalized spacial score (nSPS) is 15.4. The molecule has 2 N–H and O–H groups in total. The van der Waals surface area contributed by atoms with Crippen LogP contribution in [-0.4, -0.2) is 65.2 Å². The topological polar surface area (TPSA) is 102 Å². The number of halogens is 2. The van der Waals surface area contributed by atoms with Crippen molar-refractivity contribution in [1.82, 2.24) is 25.2 Å². The number of amides is 1. The van der Waals surface area contributed by atoms with Crippen molar-refractivity contribution in [2.45, 2.75) is 12.6 Å². The van der Waals surface area contributed by atoms with Gasteiger partial charge in [0.15, 0.2) is 17.4 Å². The summed E-state index contributed by atoms with van der Waals surface area (Å²) in [6.07, 6.45) is 4.29. The number of ether oxygens (including phenoxy) is 2. The highest BCUT2D eigenvalue weighted by Gasteiger charge is 2.22. The van der Waals surface area contributed by atoms with Crippen LogP contribution in [0.3, 0.4) is 0 Å². The Kier molecular flexibility index (Phi) is 8.80. The van der Waals surface area contributed by atoms with Crippen molar-refractivity contribution in [2.24, 2.45) is 0 Å². The fourth-order valence-corrected chi connectivity index (χ4v) is 4.58. The molecule has 0 bridgehead atoms. The molecule has 0 aliphatic carbocycles. The second kappa shape index (κ2) is 12.8. The van der Waals surface area contributed by atoms with E-state index in [0.717, 1.165) is 13.1 Å². The van der Waals surface area contributed by atoms with Crippen LogP contribution in [0.1, 0.15) is 15.9 Å². The van der Waals surface area contributed by atoms with Gasteiger partial charge in [-0.3, -0.25) is 14.7 Å². The summed E-state index contributed by atoms with van der Waals surface area (Å²) >= 11 is 6.06. The zero-order valence-corrected chi connectivity index (χ0v) is 22.6. The largest absolute Gasteiger partial charge is 0.491 e. The molecule has 4 aromatic rings. The summed E-state index contributed by atoms with van der Waals surface area (Å²) in [4.78, 5) is 28.3. The predicted octanol–water partition coefficient (Wildman–Crippen LogP) is 4.71. The molecule has 1 unspecified atom stereocenters. The molecule has 9 nitrogen and oxygen atoms in total. The molecule has 3 heterocycles. The minimum atomic E-state index is -0.517. The van der Waals surface area contributed by atoms with Gasteiger partial charge in [0.2, 0.25) is 0 Å². The molecular weight excluding hydrogens is 535 g/mol. The van der Waals surface area contributed by atoms with E-state index in [1.165, 1.54) is 43.3 Å².